The molecule has 0 atom stereocenters. The van der Waals surface area contributed by atoms with E-state index in [1.54, 1.807) is 12.1 Å². The Morgan fingerprint density at radius 1 is 0.882 bits per heavy atom. The molecule has 0 amide bonds. The molecule has 0 radical (unpaired) electrons. The first-order valence-electron chi connectivity index (χ1n) is 11.2. The number of likely N-dealkylation sites (N-methyl/N-ethyl adjacent to an activating group) is 1. The summed E-state index contributed by atoms with van der Waals surface area (Å²) in [6.45, 7) is 3.55. The number of benzene rings is 3. The highest BCUT2D eigenvalue weighted by atomic mass is 32.2. The van der Waals surface area contributed by atoms with Crippen LogP contribution in [0.3, 0.4) is 0 Å². The minimum absolute atomic E-state index is 0.226. The fraction of sp³-hybridized carbons (Fsp3) is 0.259. The monoisotopic (exact) mass is 478 g/mol. The highest BCUT2D eigenvalue weighted by Crippen LogP contribution is 2.42. The van der Waals surface area contributed by atoms with Gasteiger partial charge in [0.2, 0.25) is 0 Å². The number of nitrogens with zero attached hydrogens (tertiary/aromatic N) is 1. The summed E-state index contributed by atoms with van der Waals surface area (Å²) in [5.74, 6) is 1.06. The quantitative estimate of drug-likeness (QED) is 0.518. The van der Waals surface area contributed by atoms with Crippen LogP contribution in [0.15, 0.2) is 66.7 Å². The Bertz CT molecular complexity index is 1300. The van der Waals surface area contributed by atoms with Crippen LogP contribution in [-0.4, -0.2) is 40.6 Å². The summed E-state index contributed by atoms with van der Waals surface area (Å²) in [5, 5.41) is 5.06. The van der Waals surface area contributed by atoms with Crippen LogP contribution in [-0.2, 0) is 16.7 Å². The second kappa shape index (κ2) is 10.0. The first kappa shape index (κ1) is 24.0. The molecule has 6 nitrogen and oxygen atoms in total. The van der Waals surface area contributed by atoms with Gasteiger partial charge in [0, 0.05) is 6.54 Å². The van der Waals surface area contributed by atoms with E-state index >= 15 is 0 Å². The van der Waals surface area contributed by atoms with E-state index in [0.717, 1.165) is 47.4 Å². The van der Waals surface area contributed by atoms with Crippen molar-refractivity contribution in [2.75, 3.05) is 27.2 Å². The van der Waals surface area contributed by atoms with Gasteiger partial charge in [0.05, 0.1) is 0 Å². The largest absolute Gasteiger partial charge is 0.492 e. The first-order chi connectivity index (χ1) is 16.2. The molecule has 0 unspecified atom stereocenters. The molecule has 178 valence electrons. The van der Waals surface area contributed by atoms with Crippen LogP contribution in [0.1, 0.15) is 34.2 Å². The second-order valence-electron chi connectivity index (χ2n) is 8.79. The van der Waals surface area contributed by atoms with Crippen molar-refractivity contribution in [2.24, 2.45) is 5.14 Å². The predicted octanol–water partition coefficient (Wildman–Crippen LogP) is 4.42. The van der Waals surface area contributed by atoms with Gasteiger partial charge in [-0.1, -0.05) is 48.0 Å². The molecule has 4 rings (SSSR count). The van der Waals surface area contributed by atoms with E-state index in [1.165, 1.54) is 16.7 Å². The molecule has 0 spiro atoms. The lowest BCUT2D eigenvalue weighted by molar-refractivity contribution is 0.261. The predicted molar refractivity (Wildman–Crippen MR) is 136 cm³/mol. The lowest BCUT2D eigenvalue weighted by atomic mass is 9.79. The minimum atomic E-state index is -4.07. The van der Waals surface area contributed by atoms with Gasteiger partial charge in [-0.05, 0) is 91.5 Å². The zero-order chi connectivity index (χ0) is 24.3. The van der Waals surface area contributed by atoms with Crippen molar-refractivity contribution >= 4 is 21.5 Å². The molecule has 0 saturated heterocycles. The number of rotatable bonds is 8. The zero-order valence-electron chi connectivity index (χ0n) is 19.7. The summed E-state index contributed by atoms with van der Waals surface area (Å²) >= 11 is 0. The summed E-state index contributed by atoms with van der Waals surface area (Å²) < 4.78 is 33.6. The third-order valence-corrected chi connectivity index (χ3v) is 6.28. The maximum absolute atomic E-state index is 11.4. The number of aryl methyl sites for hydroxylation is 2. The van der Waals surface area contributed by atoms with Crippen molar-refractivity contribution in [3.8, 4) is 11.5 Å². The first-order valence-corrected chi connectivity index (χ1v) is 12.7. The molecule has 7 heteroatoms. The van der Waals surface area contributed by atoms with Crippen LogP contribution in [0.2, 0.25) is 0 Å². The van der Waals surface area contributed by atoms with E-state index in [2.05, 4.69) is 48.2 Å². The summed E-state index contributed by atoms with van der Waals surface area (Å²) in [4.78, 5) is 2.08. The fourth-order valence-corrected chi connectivity index (χ4v) is 4.56. The molecule has 3 aromatic carbocycles. The van der Waals surface area contributed by atoms with E-state index in [0.29, 0.717) is 6.61 Å². The van der Waals surface area contributed by atoms with Gasteiger partial charge >= 0.3 is 10.3 Å². The van der Waals surface area contributed by atoms with Gasteiger partial charge in [-0.25, -0.2) is 0 Å². The Kier molecular flexibility index (Phi) is 7.07. The molecule has 0 saturated carbocycles. The molecular weight excluding hydrogens is 448 g/mol. The molecule has 0 aliphatic heterocycles. The number of fused-ring (bicyclic) bond motifs is 1. The molecule has 34 heavy (non-hydrogen) atoms. The third-order valence-electron chi connectivity index (χ3n) is 5.85. The number of ether oxygens (including phenoxy) is 1. The molecule has 3 aromatic rings. The smallest absolute Gasteiger partial charge is 0.380 e. The van der Waals surface area contributed by atoms with Crippen LogP contribution in [0, 0.1) is 6.92 Å². The topological polar surface area (TPSA) is 81.9 Å². The van der Waals surface area contributed by atoms with Crippen molar-refractivity contribution in [1.29, 1.82) is 0 Å². The minimum Gasteiger partial charge on any atom is -0.492 e. The number of nitrogens with two attached hydrogens (primary N) is 1. The molecule has 0 fully saturated rings. The second-order valence-corrected chi connectivity index (χ2v) is 9.94. The van der Waals surface area contributed by atoms with Crippen LogP contribution < -0.4 is 14.1 Å². The van der Waals surface area contributed by atoms with Crippen molar-refractivity contribution in [1.82, 2.24) is 4.90 Å². The van der Waals surface area contributed by atoms with Gasteiger partial charge in [0.1, 0.15) is 18.1 Å². The van der Waals surface area contributed by atoms with Crippen LogP contribution in [0.25, 0.3) is 11.1 Å². The van der Waals surface area contributed by atoms with Gasteiger partial charge < -0.3 is 13.8 Å². The standard InChI is InChI=1S/C27H30N2O4S/c1-19-4-6-20(7-5-19)25-14-10-22-18-24(33-34(28,30)31)13-15-26(22)27(25)21-8-11-23(12-9-21)32-17-16-29(2)3/h4-9,11-13,15,18H,10,14,16-17H2,1-3H3,(H2,28,30,31). The van der Waals surface area contributed by atoms with E-state index in [9.17, 15) is 8.42 Å². The fourth-order valence-electron chi connectivity index (χ4n) is 4.19. The highest BCUT2D eigenvalue weighted by Gasteiger charge is 2.23. The molecule has 0 heterocycles. The van der Waals surface area contributed by atoms with E-state index in [1.807, 2.05) is 32.3 Å². The maximum atomic E-state index is 11.4. The van der Waals surface area contributed by atoms with Crippen molar-refractivity contribution in [3.05, 3.63) is 94.5 Å². The van der Waals surface area contributed by atoms with Crippen LogP contribution in [0.4, 0.5) is 0 Å². The van der Waals surface area contributed by atoms with Gasteiger partial charge in [0.15, 0.2) is 0 Å². The summed E-state index contributed by atoms with van der Waals surface area (Å²) in [6.07, 6.45) is 1.60. The Morgan fingerprint density at radius 3 is 2.18 bits per heavy atom. The normalized spacial score (nSPS) is 13.7. The number of hydrogen-bond donors (Lipinski definition) is 1. The summed E-state index contributed by atoms with van der Waals surface area (Å²) in [6, 6.07) is 22.1. The molecule has 1 aliphatic rings. The van der Waals surface area contributed by atoms with E-state index in [4.69, 9.17) is 14.1 Å². The van der Waals surface area contributed by atoms with Gasteiger partial charge in [-0.3, -0.25) is 0 Å². The van der Waals surface area contributed by atoms with Gasteiger partial charge in [0.25, 0.3) is 0 Å². The van der Waals surface area contributed by atoms with Crippen LogP contribution in [0.5, 0.6) is 11.5 Å². The number of hydrogen-bond acceptors (Lipinski definition) is 5. The van der Waals surface area contributed by atoms with Gasteiger partial charge in [-0.2, -0.15) is 13.6 Å². The SMILES string of the molecule is Cc1ccc(C2=C(c3ccc(OCCN(C)C)cc3)c3ccc(OS(N)(=O)=O)cc3CC2)cc1. The van der Waals surface area contributed by atoms with Gasteiger partial charge in [-0.15, -0.1) is 0 Å². The van der Waals surface area contributed by atoms with Crippen molar-refractivity contribution in [2.45, 2.75) is 19.8 Å². The average Bonchev–Trinajstić information content (AvgIpc) is 2.78. The lowest BCUT2D eigenvalue weighted by Crippen LogP contribution is -2.19. The van der Waals surface area contributed by atoms with E-state index < -0.39 is 10.3 Å². The summed E-state index contributed by atoms with van der Waals surface area (Å²) in [7, 11) is -0.0355. The van der Waals surface area contributed by atoms with Crippen molar-refractivity contribution in [3.63, 3.8) is 0 Å². The highest BCUT2D eigenvalue weighted by molar-refractivity contribution is 7.84. The van der Waals surface area contributed by atoms with E-state index in [-0.39, 0.29) is 5.75 Å². The lowest BCUT2D eigenvalue weighted by Gasteiger charge is -2.25. The molecule has 1 aliphatic carbocycles. The molecule has 0 bridgehead atoms. The molecule has 0 aromatic heterocycles. The molecular formula is C27H30N2O4S. The molecule has 2 N–H and O–H groups in total. The zero-order valence-corrected chi connectivity index (χ0v) is 20.6. The third kappa shape index (κ3) is 5.86. The number of allylic oxidation sites excluding steroid dienone is 1. The maximum Gasteiger partial charge on any atom is 0.380 e. The summed E-state index contributed by atoms with van der Waals surface area (Å²) in [5.41, 5.74) is 7.95. The Labute approximate surface area is 201 Å². The Balaban J connectivity index is 1.75. The average molecular weight is 479 g/mol. The van der Waals surface area contributed by atoms with Crippen molar-refractivity contribution < 1.29 is 17.3 Å². The Hall–Kier alpha value is -3.13. The Morgan fingerprint density at radius 2 is 1.53 bits per heavy atom. The van der Waals surface area contributed by atoms with Crippen LogP contribution >= 0.6 is 0 Å².